The lowest BCUT2D eigenvalue weighted by Crippen LogP contribution is -2.03. The molecule has 4 heteroatoms. The van der Waals surface area contributed by atoms with Gasteiger partial charge in [0.2, 0.25) is 5.71 Å². The van der Waals surface area contributed by atoms with Gasteiger partial charge in [0.1, 0.15) is 16.8 Å². The van der Waals surface area contributed by atoms with Crippen LogP contribution >= 0.6 is 0 Å². The van der Waals surface area contributed by atoms with Crippen LogP contribution in [0.1, 0.15) is 0 Å². The van der Waals surface area contributed by atoms with E-state index >= 15 is 0 Å². The van der Waals surface area contributed by atoms with Crippen LogP contribution in [0.2, 0.25) is 0 Å². The minimum atomic E-state index is 0.518. The predicted octanol–water partition coefficient (Wildman–Crippen LogP) is 11.6. The van der Waals surface area contributed by atoms with Gasteiger partial charge in [-0.15, -0.1) is 0 Å². The van der Waals surface area contributed by atoms with Crippen molar-refractivity contribution in [3.63, 3.8) is 0 Å². The van der Waals surface area contributed by atoms with Crippen molar-refractivity contribution < 1.29 is 4.42 Å². The maximum Gasteiger partial charge on any atom is 0.248 e. The smallest absolute Gasteiger partial charge is 0.248 e. The van der Waals surface area contributed by atoms with Crippen LogP contribution in [0, 0.1) is 0 Å². The first-order chi connectivity index (χ1) is 23.8. The molecule has 48 heavy (non-hydrogen) atoms. The van der Waals surface area contributed by atoms with Crippen LogP contribution in [0.5, 0.6) is 0 Å². The monoisotopic (exact) mass is 613 g/mol. The molecule has 224 valence electrons. The lowest BCUT2D eigenvalue weighted by atomic mass is 9.95. The Labute approximate surface area is 276 Å². The number of rotatable bonds is 4. The molecule has 7 aromatic carbocycles. The third kappa shape index (κ3) is 4.16. The number of furan rings is 1. The van der Waals surface area contributed by atoms with Crippen LogP contribution < -0.4 is 0 Å². The Morgan fingerprint density at radius 2 is 1.00 bits per heavy atom. The molecule has 0 aliphatic heterocycles. The van der Waals surface area contributed by atoms with Crippen molar-refractivity contribution in [2.24, 2.45) is 0 Å². The molecule has 3 heterocycles. The van der Waals surface area contributed by atoms with Gasteiger partial charge >= 0.3 is 0 Å². The molecule has 0 fully saturated rings. The lowest BCUT2D eigenvalue weighted by Gasteiger charge is -2.15. The second-order valence-corrected chi connectivity index (χ2v) is 12.2. The van der Waals surface area contributed by atoms with E-state index in [1.165, 1.54) is 21.5 Å². The summed E-state index contributed by atoms with van der Waals surface area (Å²) in [5, 5.41) is 5.66. The van der Waals surface area contributed by atoms with Crippen LogP contribution in [0.25, 0.3) is 94.1 Å². The normalized spacial score (nSPS) is 11.8. The Morgan fingerprint density at radius 3 is 1.73 bits per heavy atom. The molecule has 0 aliphatic carbocycles. The Kier molecular flexibility index (Phi) is 5.84. The fourth-order valence-corrected chi connectivity index (χ4v) is 7.11. The summed E-state index contributed by atoms with van der Waals surface area (Å²) >= 11 is 0. The molecule has 0 saturated carbocycles. The van der Waals surface area contributed by atoms with Gasteiger partial charge < -0.3 is 4.42 Å². The average Bonchev–Trinajstić information content (AvgIpc) is 3.68. The van der Waals surface area contributed by atoms with E-state index in [4.69, 9.17) is 14.4 Å². The van der Waals surface area contributed by atoms with E-state index in [0.717, 1.165) is 66.8 Å². The summed E-state index contributed by atoms with van der Waals surface area (Å²) in [4.78, 5) is 10.8. The minimum Gasteiger partial charge on any atom is -0.436 e. The molecule has 0 saturated heterocycles. The van der Waals surface area contributed by atoms with Crippen molar-refractivity contribution in [3.05, 3.63) is 164 Å². The highest BCUT2D eigenvalue weighted by molar-refractivity contribution is 6.14. The summed E-state index contributed by atoms with van der Waals surface area (Å²) < 4.78 is 8.64. The van der Waals surface area contributed by atoms with Gasteiger partial charge in [0, 0.05) is 21.7 Å². The number of nitrogens with zero attached hydrogens (tertiary/aromatic N) is 3. The van der Waals surface area contributed by atoms with Gasteiger partial charge in [0.25, 0.3) is 0 Å². The molecular weight excluding hydrogens is 587 g/mol. The van der Waals surface area contributed by atoms with Gasteiger partial charge in [-0.3, -0.25) is 4.57 Å². The van der Waals surface area contributed by atoms with Gasteiger partial charge in [-0.2, -0.15) is 4.98 Å². The Bertz CT molecular complexity index is 2770. The molecule has 10 rings (SSSR count). The number of hydrogen-bond acceptors (Lipinski definition) is 3. The van der Waals surface area contributed by atoms with Crippen LogP contribution in [0.15, 0.2) is 168 Å². The summed E-state index contributed by atoms with van der Waals surface area (Å²) in [6.45, 7) is 0. The quantitative estimate of drug-likeness (QED) is 0.198. The van der Waals surface area contributed by atoms with Crippen LogP contribution in [-0.4, -0.2) is 14.5 Å². The molecule has 0 bridgehead atoms. The third-order valence-corrected chi connectivity index (χ3v) is 9.37. The summed E-state index contributed by atoms with van der Waals surface area (Å²) in [6, 6.07) is 57.5. The van der Waals surface area contributed by atoms with Crippen molar-refractivity contribution >= 4 is 54.8 Å². The van der Waals surface area contributed by atoms with Crippen molar-refractivity contribution in [3.8, 4) is 39.3 Å². The summed E-state index contributed by atoms with van der Waals surface area (Å²) in [7, 11) is 0. The molecule has 0 aliphatic rings. The zero-order valence-electron chi connectivity index (χ0n) is 25.8. The highest BCUT2D eigenvalue weighted by atomic mass is 16.3. The number of hydrogen-bond donors (Lipinski definition) is 0. The van der Waals surface area contributed by atoms with E-state index in [9.17, 15) is 0 Å². The number of para-hydroxylation sites is 2. The molecule has 0 radical (unpaired) electrons. The molecule has 0 N–H and O–H groups in total. The molecule has 0 spiro atoms. The number of benzene rings is 7. The van der Waals surface area contributed by atoms with Crippen molar-refractivity contribution in [1.29, 1.82) is 0 Å². The second kappa shape index (κ2) is 10.5. The number of fused-ring (bicyclic) bond motifs is 7. The van der Waals surface area contributed by atoms with Crippen molar-refractivity contribution in [1.82, 2.24) is 14.5 Å². The maximum atomic E-state index is 6.38. The van der Waals surface area contributed by atoms with Crippen LogP contribution in [0.4, 0.5) is 0 Å². The largest absolute Gasteiger partial charge is 0.436 e. The van der Waals surface area contributed by atoms with E-state index in [1.807, 2.05) is 18.2 Å². The number of aromatic nitrogens is 3. The summed E-state index contributed by atoms with van der Waals surface area (Å²) in [6.07, 6.45) is 0. The first kappa shape index (κ1) is 26.7. The second-order valence-electron chi connectivity index (χ2n) is 12.2. The van der Waals surface area contributed by atoms with E-state index < -0.39 is 0 Å². The van der Waals surface area contributed by atoms with Crippen molar-refractivity contribution in [2.45, 2.75) is 0 Å². The van der Waals surface area contributed by atoms with E-state index in [1.54, 1.807) is 0 Å². The first-order valence-electron chi connectivity index (χ1n) is 16.2. The molecule has 10 aromatic rings. The molecule has 4 nitrogen and oxygen atoms in total. The molecule has 3 aromatic heterocycles. The highest BCUT2D eigenvalue weighted by Gasteiger charge is 2.23. The van der Waals surface area contributed by atoms with Crippen LogP contribution in [0.3, 0.4) is 0 Å². The zero-order chi connectivity index (χ0) is 31.6. The van der Waals surface area contributed by atoms with Gasteiger partial charge in [-0.05, 0) is 81.6 Å². The Hall–Kier alpha value is -6.52. The first-order valence-corrected chi connectivity index (χ1v) is 16.2. The fraction of sp³-hybridized carbons (Fsp3) is 0. The average molecular weight is 614 g/mol. The van der Waals surface area contributed by atoms with Crippen LogP contribution in [-0.2, 0) is 0 Å². The SMILES string of the molecule is c1ccc(-c2cc(-c3ccccc3)cc(-c3nc4c(nc3-n3c5ccccc5c5cc6ccccc6cc53)oc3ccccc34)c2)cc1. The maximum absolute atomic E-state index is 6.38. The molecule has 0 unspecified atom stereocenters. The summed E-state index contributed by atoms with van der Waals surface area (Å²) in [5.41, 5.74) is 10.5. The minimum absolute atomic E-state index is 0.518. The molecule has 0 atom stereocenters. The Balaban J connectivity index is 1.35. The third-order valence-electron chi connectivity index (χ3n) is 9.37. The molecule has 0 amide bonds. The van der Waals surface area contributed by atoms with Crippen molar-refractivity contribution in [2.75, 3.05) is 0 Å². The molecular formula is C44H27N3O. The van der Waals surface area contributed by atoms with Gasteiger partial charge in [0.15, 0.2) is 5.82 Å². The Morgan fingerprint density at radius 1 is 0.417 bits per heavy atom. The van der Waals surface area contributed by atoms with E-state index in [2.05, 4.69) is 150 Å². The van der Waals surface area contributed by atoms with Gasteiger partial charge in [-0.25, -0.2) is 4.98 Å². The fourth-order valence-electron chi connectivity index (χ4n) is 7.11. The predicted molar refractivity (Wildman–Crippen MR) is 197 cm³/mol. The van der Waals surface area contributed by atoms with E-state index in [0.29, 0.717) is 5.71 Å². The lowest BCUT2D eigenvalue weighted by molar-refractivity contribution is 0.652. The van der Waals surface area contributed by atoms with Gasteiger partial charge in [-0.1, -0.05) is 115 Å². The standard InChI is InChI=1S/C44H27N3O/c1-3-13-28(14-4-1)32-23-33(29-15-5-2-6-16-29)25-34(24-32)41-43(46-44-42(45-41)36-20-10-12-22-40(36)48-44)47-38-21-11-9-19-35(38)37-26-30-17-7-8-18-31(30)27-39(37)47/h1-27H. The van der Waals surface area contributed by atoms with Gasteiger partial charge in [0.05, 0.1) is 11.0 Å². The zero-order valence-corrected chi connectivity index (χ0v) is 25.8. The van der Waals surface area contributed by atoms with E-state index in [-0.39, 0.29) is 0 Å². The topological polar surface area (TPSA) is 43.9 Å². The highest BCUT2D eigenvalue weighted by Crippen LogP contribution is 2.40. The summed E-state index contributed by atoms with van der Waals surface area (Å²) in [5.74, 6) is 0.729.